The van der Waals surface area contributed by atoms with Gasteiger partial charge in [0.1, 0.15) is 12.6 Å². The fraction of sp³-hybridized carbons (Fsp3) is 0.0588. The third-order valence-electron chi connectivity index (χ3n) is 3.62. The number of rotatable bonds is 3. The molecular formula is C17H12Br2N3+. The van der Waals surface area contributed by atoms with Crippen LogP contribution in [0.15, 0.2) is 74.9 Å². The van der Waals surface area contributed by atoms with Crippen LogP contribution in [0.25, 0.3) is 0 Å². The third kappa shape index (κ3) is 2.34. The highest BCUT2D eigenvalue weighted by Crippen LogP contribution is 2.46. The number of benzene rings is 2. The Kier molecular flexibility index (Phi) is 4.25. The standard InChI is InChI=1S/C17H12Br2N3/c18-13-5-1-3-7-15(13)22(12-11-21-17(22)9-10-20)16-8-4-2-6-14(16)19/h1-8,11-12H,9H2/q+1. The summed E-state index contributed by atoms with van der Waals surface area (Å²) in [6.45, 7) is 0. The van der Waals surface area contributed by atoms with E-state index < -0.39 is 0 Å². The number of nitriles is 1. The number of aliphatic imine (C=N–C) groups is 1. The lowest BCUT2D eigenvalue weighted by Gasteiger charge is -2.32. The van der Waals surface area contributed by atoms with Crippen molar-refractivity contribution >= 4 is 49.1 Å². The van der Waals surface area contributed by atoms with E-state index in [1.165, 1.54) is 0 Å². The fourth-order valence-electron chi connectivity index (χ4n) is 2.68. The Morgan fingerprint density at radius 2 is 1.50 bits per heavy atom. The molecule has 2 aromatic rings. The number of amidine groups is 1. The zero-order valence-corrected chi connectivity index (χ0v) is 14.8. The summed E-state index contributed by atoms with van der Waals surface area (Å²) in [5, 5.41) is 9.20. The van der Waals surface area contributed by atoms with Crippen LogP contribution < -0.4 is 4.48 Å². The molecule has 0 N–H and O–H groups in total. The highest BCUT2D eigenvalue weighted by atomic mass is 79.9. The number of para-hydroxylation sites is 2. The average Bonchev–Trinajstić information content (AvgIpc) is 2.93. The van der Waals surface area contributed by atoms with Gasteiger partial charge in [0.25, 0.3) is 0 Å². The Bertz CT molecular complexity index is 773. The summed E-state index contributed by atoms with van der Waals surface area (Å²) < 4.78 is 2.27. The van der Waals surface area contributed by atoms with Crippen LogP contribution in [-0.2, 0) is 0 Å². The van der Waals surface area contributed by atoms with Crippen LogP contribution >= 0.6 is 31.9 Å². The Balaban J connectivity index is 2.33. The van der Waals surface area contributed by atoms with Gasteiger partial charge in [0, 0.05) is 12.1 Å². The van der Waals surface area contributed by atoms with Gasteiger partial charge in [-0.1, -0.05) is 24.3 Å². The first-order chi connectivity index (χ1) is 10.7. The van der Waals surface area contributed by atoms with E-state index in [4.69, 9.17) is 0 Å². The molecule has 3 rings (SSSR count). The summed E-state index contributed by atoms with van der Waals surface area (Å²) in [6.07, 6.45) is 4.04. The minimum atomic E-state index is 0.260. The molecule has 108 valence electrons. The molecule has 5 heteroatoms. The number of nitrogens with zero attached hydrogens (tertiary/aromatic N) is 3. The maximum absolute atomic E-state index is 9.20. The molecule has 0 aliphatic carbocycles. The molecule has 0 bridgehead atoms. The molecule has 0 amide bonds. The van der Waals surface area contributed by atoms with Crippen molar-refractivity contribution in [3.63, 3.8) is 0 Å². The quantitative estimate of drug-likeness (QED) is 0.594. The van der Waals surface area contributed by atoms with Crippen molar-refractivity contribution < 1.29 is 0 Å². The second-order valence-corrected chi connectivity index (χ2v) is 6.51. The SMILES string of the molecule is N#CCC1=NC=C[N+]1(c1ccccc1Br)c1ccccc1Br. The topological polar surface area (TPSA) is 36.1 Å². The predicted octanol–water partition coefficient (Wildman–Crippen LogP) is 5.65. The lowest BCUT2D eigenvalue weighted by molar-refractivity contribution is 0.728. The third-order valence-corrected chi connectivity index (χ3v) is 4.96. The molecule has 2 aromatic carbocycles. The molecule has 0 radical (unpaired) electrons. The first kappa shape index (κ1) is 15.2. The minimum Gasteiger partial charge on any atom is -0.201 e. The van der Waals surface area contributed by atoms with Crippen LogP contribution in [-0.4, -0.2) is 5.84 Å². The van der Waals surface area contributed by atoms with E-state index in [1.54, 1.807) is 6.20 Å². The first-order valence-corrected chi connectivity index (χ1v) is 8.29. The van der Waals surface area contributed by atoms with Crippen molar-refractivity contribution in [2.24, 2.45) is 4.99 Å². The maximum Gasteiger partial charge on any atom is 0.232 e. The smallest absolute Gasteiger partial charge is 0.201 e. The molecule has 22 heavy (non-hydrogen) atoms. The predicted molar refractivity (Wildman–Crippen MR) is 96.5 cm³/mol. The molecule has 0 spiro atoms. The summed E-state index contributed by atoms with van der Waals surface area (Å²) in [6, 6.07) is 18.3. The molecule has 0 saturated heterocycles. The van der Waals surface area contributed by atoms with Gasteiger partial charge in [-0.05, 0) is 44.0 Å². The van der Waals surface area contributed by atoms with E-state index in [9.17, 15) is 5.26 Å². The molecule has 1 aliphatic rings. The average molecular weight is 418 g/mol. The van der Waals surface area contributed by atoms with Crippen molar-refractivity contribution in [3.8, 4) is 6.07 Å². The molecule has 1 heterocycles. The van der Waals surface area contributed by atoms with Gasteiger partial charge in [-0.25, -0.2) is 4.99 Å². The summed E-state index contributed by atoms with van der Waals surface area (Å²) in [5.41, 5.74) is 2.05. The van der Waals surface area contributed by atoms with Crippen LogP contribution in [0.1, 0.15) is 6.42 Å². The molecule has 3 nitrogen and oxygen atoms in total. The van der Waals surface area contributed by atoms with Crippen LogP contribution in [0.2, 0.25) is 0 Å². The van der Waals surface area contributed by atoms with Crippen LogP contribution in [0.5, 0.6) is 0 Å². The van der Waals surface area contributed by atoms with Crippen molar-refractivity contribution in [1.82, 2.24) is 4.48 Å². The van der Waals surface area contributed by atoms with Gasteiger partial charge < -0.3 is 0 Å². The molecule has 0 aromatic heterocycles. The number of hydrogen-bond donors (Lipinski definition) is 0. The number of hydrogen-bond acceptors (Lipinski definition) is 2. The van der Waals surface area contributed by atoms with E-state index in [1.807, 2.05) is 54.7 Å². The molecule has 0 unspecified atom stereocenters. The zero-order valence-electron chi connectivity index (χ0n) is 11.6. The first-order valence-electron chi connectivity index (χ1n) is 6.71. The van der Waals surface area contributed by atoms with Crippen molar-refractivity contribution in [1.29, 1.82) is 5.26 Å². The van der Waals surface area contributed by atoms with Gasteiger partial charge in [0.15, 0.2) is 11.4 Å². The Morgan fingerprint density at radius 3 is 2.00 bits per heavy atom. The molecule has 0 fully saturated rings. The van der Waals surface area contributed by atoms with E-state index >= 15 is 0 Å². The van der Waals surface area contributed by atoms with Gasteiger partial charge in [-0.3, -0.25) is 0 Å². The van der Waals surface area contributed by atoms with Gasteiger partial charge in [0.2, 0.25) is 5.84 Å². The van der Waals surface area contributed by atoms with E-state index in [0.29, 0.717) is 4.48 Å². The lowest BCUT2D eigenvalue weighted by Crippen LogP contribution is -2.43. The summed E-state index contributed by atoms with van der Waals surface area (Å²) in [4.78, 5) is 4.46. The van der Waals surface area contributed by atoms with E-state index in [2.05, 4.69) is 42.9 Å². The normalized spacial score (nSPS) is 15.4. The zero-order chi connectivity index (χ0) is 15.6. The van der Waals surface area contributed by atoms with Crippen LogP contribution in [0.3, 0.4) is 0 Å². The largest absolute Gasteiger partial charge is 0.232 e. The Hall–Kier alpha value is -1.74. The minimum absolute atomic E-state index is 0.260. The highest BCUT2D eigenvalue weighted by Gasteiger charge is 2.43. The molecular weight excluding hydrogens is 406 g/mol. The highest BCUT2D eigenvalue weighted by molar-refractivity contribution is 9.11. The van der Waals surface area contributed by atoms with E-state index in [0.717, 1.165) is 26.2 Å². The Labute approximate surface area is 146 Å². The van der Waals surface area contributed by atoms with Crippen LogP contribution in [0, 0.1) is 11.3 Å². The second-order valence-electron chi connectivity index (χ2n) is 4.80. The summed E-state index contributed by atoms with van der Waals surface area (Å²) in [5.74, 6) is 0.779. The monoisotopic (exact) mass is 416 g/mol. The van der Waals surface area contributed by atoms with Crippen molar-refractivity contribution in [2.75, 3.05) is 0 Å². The van der Waals surface area contributed by atoms with Gasteiger partial charge in [-0.15, -0.1) is 0 Å². The molecule has 1 aliphatic heterocycles. The second kappa shape index (κ2) is 6.17. The van der Waals surface area contributed by atoms with Gasteiger partial charge in [0.05, 0.1) is 21.2 Å². The van der Waals surface area contributed by atoms with Crippen molar-refractivity contribution in [3.05, 3.63) is 69.9 Å². The van der Waals surface area contributed by atoms with E-state index in [-0.39, 0.29) is 6.42 Å². The fourth-order valence-corrected chi connectivity index (χ4v) is 3.81. The number of halogens is 2. The Morgan fingerprint density at radius 1 is 0.955 bits per heavy atom. The van der Waals surface area contributed by atoms with Gasteiger partial charge in [-0.2, -0.15) is 9.74 Å². The van der Waals surface area contributed by atoms with Crippen molar-refractivity contribution in [2.45, 2.75) is 6.42 Å². The molecule has 0 atom stereocenters. The summed E-state index contributed by atoms with van der Waals surface area (Å²) in [7, 11) is 0. The lowest BCUT2D eigenvalue weighted by atomic mass is 10.1. The molecule has 0 saturated carbocycles. The summed E-state index contributed by atoms with van der Waals surface area (Å²) >= 11 is 7.28. The van der Waals surface area contributed by atoms with Gasteiger partial charge >= 0.3 is 0 Å². The number of quaternary nitrogens is 1. The van der Waals surface area contributed by atoms with Crippen LogP contribution in [0.4, 0.5) is 11.4 Å². The maximum atomic E-state index is 9.20.